The third-order valence-electron chi connectivity index (χ3n) is 3.29. The van der Waals surface area contributed by atoms with E-state index in [0.717, 1.165) is 0 Å². The van der Waals surface area contributed by atoms with Gasteiger partial charge in [-0.2, -0.15) is 5.10 Å². The zero-order valence-electron chi connectivity index (χ0n) is 12.8. The molecule has 0 unspecified atom stereocenters. The second-order valence-electron chi connectivity index (χ2n) is 4.92. The van der Waals surface area contributed by atoms with E-state index in [4.69, 9.17) is 0 Å². The number of hydrogen-bond donors (Lipinski definition) is 2. The number of para-hydroxylation sites is 1. The van der Waals surface area contributed by atoms with Crippen LogP contribution in [0.3, 0.4) is 0 Å². The summed E-state index contributed by atoms with van der Waals surface area (Å²) in [5, 5.41) is 6.80. The number of carbonyl (C=O) groups excluding carboxylic acids is 1. The van der Waals surface area contributed by atoms with Gasteiger partial charge in [0.25, 0.3) is 11.5 Å². The first-order chi connectivity index (χ1) is 11.7. The third-order valence-corrected chi connectivity index (χ3v) is 3.29. The lowest BCUT2D eigenvalue weighted by molar-refractivity contribution is 0.0949. The Labute approximate surface area is 136 Å². The molecule has 0 saturated heterocycles. The first-order valence-electron chi connectivity index (χ1n) is 7.13. The fourth-order valence-electron chi connectivity index (χ4n) is 2.10. The average molecular weight is 322 g/mol. The average Bonchev–Trinajstić information content (AvgIpc) is 2.91. The van der Waals surface area contributed by atoms with Crippen molar-refractivity contribution < 1.29 is 4.79 Å². The van der Waals surface area contributed by atoms with Gasteiger partial charge in [-0.05, 0) is 19.1 Å². The second kappa shape index (κ2) is 6.69. The number of aromatic amines is 1. The third kappa shape index (κ3) is 3.12. The first-order valence-corrected chi connectivity index (χ1v) is 7.13. The maximum absolute atomic E-state index is 12.4. The highest BCUT2D eigenvalue weighted by molar-refractivity contribution is 5.92. The van der Waals surface area contributed by atoms with Crippen molar-refractivity contribution in [1.82, 2.24) is 25.2 Å². The highest BCUT2D eigenvalue weighted by Gasteiger charge is 2.11. The summed E-state index contributed by atoms with van der Waals surface area (Å²) in [7, 11) is 0. The second-order valence-corrected chi connectivity index (χ2v) is 4.92. The molecule has 0 atom stereocenters. The van der Waals surface area contributed by atoms with Gasteiger partial charge in [0.15, 0.2) is 0 Å². The Morgan fingerprint density at radius 1 is 1.29 bits per heavy atom. The number of hydrogen-bond acceptors (Lipinski definition) is 5. The van der Waals surface area contributed by atoms with E-state index in [1.807, 2.05) is 30.3 Å². The molecule has 0 aliphatic rings. The lowest BCUT2D eigenvalue weighted by Crippen LogP contribution is -2.21. The van der Waals surface area contributed by atoms with Crippen LogP contribution in [0.1, 0.15) is 21.7 Å². The van der Waals surface area contributed by atoms with E-state index in [2.05, 4.69) is 25.6 Å². The molecule has 2 heterocycles. The van der Waals surface area contributed by atoms with Gasteiger partial charge in [-0.25, -0.2) is 15.1 Å². The fraction of sp³-hybridized carbons (Fsp3) is 0.0625. The van der Waals surface area contributed by atoms with Crippen LogP contribution in [0, 0.1) is 6.92 Å². The Morgan fingerprint density at radius 3 is 2.79 bits per heavy atom. The molecule has 120 valence electrons. The van der Waals surface area contributed by atoms with Gasteiger partial charge in [-0.3, -0.25) is 19.7 Å². The van der Waals surface area contributed by atoms with E-state index >= 15 is 0 Å². The Balaban J connectivity index is 1.80. The Kier molecular flexibility index (Phi) is 4.28. The van der Waals surface area contributed by atoms with E-state index in [-0.39, 0.29) is 11.3 Å². The maximum atomic E-state index is 12.4. The van der Waals surface area contributed by atoms with Crippen LogP contribution < -0.4 is 11.0 Å². The van der Waals surface area contributed by atoms with Crippen molar-refractivity contribution in [2.45, 2.75) is 6.92 Å². The number of nitrogens with one attached hydrogen (secondary N) is 2. The van der Waals surface area contributed by atoms with E-state index in [1.165, 1.54) is 29.5 Å². The van der Waals surface area contributed by atoms with Gasteiger partial charge in [0.1, 0.15) is 5.69 Å². The Morgan fingerprint density at radius 2 is 2.08 bits per heavy atom. The van der Waals surface area contributed by atoms with Crippen molar-refractivity contribution in [3.05, 3.63) is 76.2 Å². The molecule has 0 bridgehead atoms. The maximum Gasteiger partial charge on any atom is 0.291 e. The highest BCUT2D eigenvalue weighted by atomic mass is 16.2. The van der Waals surface area contributed by atoms with E-state index in [1.54, 1.807) is 6.92 Å². The van der Waals surface area contributed by atoms with Crippen LogP contribution in [0.2, 0.25) is 0 Å². The molecule has 2 N–H and O–H groups in total. The zero-order valence-corrected chi connectivity index (χ0v) is 12.8. The standard InChI is InChI=1S/C16H14N6O2/c1-11-13(9-19-20-15(23)14-10-17-7-8-18-14)16(24)22(21-11)12-5-3-2-4-6-12/h2-10,21H,1H3,(H,20,23)/b19-9+. The molecule has 0 fully saturated rings. The summed E-state index contributed by atoms with van der Waals surface area (Å²) >= 11 is 0. The molecule has 8 heteroatoms. The van der Waals surface area contributed by atoms with Gasteiger partial charge in [0, 0.05) is 18.1 Å². The summed E-state index contributed by atoms with van der Waals surface area (Å²) in [5.41, 5.74) is 3.92. The number of aryl methyl sites for hydroxylation is 1. The zero-order chi connectivity index (χ0) is 16.9. The molecule has 8 nitrogen and oxygen atoms in total. The molecule has 0 aliphatic heterocycles. The van der Waals surface area contributed by atoms with Crippen LogP contribution >= 0.6 is 0 Å². The summed E-state index contributed by atoms with van der Waals surface area (Å²) in [6.07, 6.45) is 5.51. The number of aromatic nitrogens is 4. The van der Waals surface area contributed by atoms with E-state index in [9.17, 15) is 9.59 Å². The predicted octanol–water partition coefficient (Wildman–Crippen LogP) is 1.03. The van der Waals surface area contributed by atoms with Crippen LogP contribution in [0.5, 0.6) is 0 Å². The molecule has 0 radical (unpaired) electrons. The molecule has 24 heavy (non-hydrogen) atoms. The number of hydrazone groups is 1. The minimum atomic E-state index is -0.504. The normalized spacial score (nSPS) is 10.9. The largest absolute Gasteiger partial charge is 0.295 e. The van der Waals surface area contributed by atoms with Crippen LogP contribution in [-0.2, 0) is 0 Å². The van der Waals surface area contributed by atoms with Crippen molar-refractivity contribution in [1.29, 1.82) is 0 Å². The SMILES string of the molecule is Cc1[nH]n(-c2ccccc2)c(=O)c1/C=N/NC(=O)c1cnccn1. The summed E-state index contributed by atoms with van der Waals surface area (Å²) in [4.78, 5) is 31.9. The molecule has 1 amide bonds. The molecule has 0 saturated carbocycles. The van der Waals surface area contributed by atoms with E-state index < -0.39 is 5.91 Å². The lowest BCUT2D eigenvalue weighted by atomic mass is 10.3. The van der Waals surface area contributed by atoms with Crippen molar-refractivity contribution in [2.75, 3.05) is 0 Å². The predicted molar refractivity (Wildman–Crippen MR) is 88.2 cm³/mol. The van der Waals surface area contributed by atoms with Crippen molar-refractivity contribution in [3.63, 3.8) is 0 Å². The van der Waals surface area contributed by atoms with Gasteiger partial charge in [0.2, 0.25) is 0 Å². The molecule has 3 aromatic rings. The van der Waals surface area contributed by atoms with Gasteiger partial charge in [-0.1, -0.05) is 18.2 Å². The highest BCUT2D eigenvalue weighted by Crippen LogP contribution is 2.05. The summed E-state index contributed by atoms with van der Waals surface area (Å²) in [6, 6.07) is 9.18. The topological polar surface area (TPSA) is 105 Å². The number of H-pyrrole nitrogens is 1. The Bertz CT molecular complexity index is 928. The number of nitrogens with zero attached hydrogens (tertiary/aromatic N) is 4. The number of benzene rings is 1. The summed E-state index contributed by atoms with van der Waals surface area (Å²) in [5.74, 6) is -0.504. The number of rotatable bonds is 4. The molecule has 0 aliphatic carbocycles. The number of amides is 1. The molecule has 1 aromatic carbocycles. The van der Waals surface area contributed by atoms with Gasteiger partial charge in [0.05, 0.1) is 23.7 Å². The van der Waals surface area contributed by atoms with Gasteiger partial charge in [-0.15, -0.1) is 0 Å². The van der Waals surface area contributed by atoms with Crippen molar-refractivity contribution in [2.24, 2.45) is 5.10 Å². The molecule has 2 aromatic heterocycles. The fourth-order valence-corrected chi connectivity index (χ4v) is 2.10. The molecule has 3 rings (SSSR count). The van der Waals surface area contributed by atoms with Crippen LogP contribution in [-0.4, -0.2) is 31.9 Å². The van der Waals surface area contributed by atoms with Crippen LogP contribution in [0.4, 0.5) is 0 Å². The number of carbonyl (C=O) groups is 1. The molecule has 0 spiro atoms. The first kappa shape index (κ1) is 15.3. The van der Waals surface area contributed by atoms with Crippen molar-refractivity contribution in [3.8, 4) is 5.69 Å². The van der Waals surface area contributed by atoms with Crippen molar-refractivity contribution >= 4 is 12.1 Å². The smallest absolute Gasteiger partial charge is 0.291 e. The minimum absolute atomic E-state index is 0.141. The van der Waals surface area contributed by atoms with Gasteiger partial charge < -0.3 is 0 Å². The quantitative estimate of drug-likeness (QED) is 0.553. The van der Waals surface area contributed by atoms with Crippen LogP contribution in [0.25, 0.3) is 5.69 Å². The van der Waals surface area contributed by atoms with Crippen LogP contribution in [0.15, 0.2) is 58.8 Å². The summed E-state index contributed by atoms with van der Waals surface area (Å²) in [6.45, 7) is 1.76. The summed E-state index contributed by atoms with van der Waals surface area (Å²) < 4.78 is 1.42. The van der Waals surface area contributed by atoms with Gasteiger partial charge >= 0.3 is 0 Å². The lowest BCUT2D eigenvalue weighted by Gasteiger charge is -1.99. The monoisotopic (exact) mass is 322 g/mol. The Hall–Kier alpha value is -3.55. The molecular formula is C16H14N6O2. The minimum Gasteiger partial charge on any atom is -0.295 e. The molecular weight excluding hydrogens is 308 g/mol. The van der Waals surface area contributed by atoms with E-state index in [0.29, 0.717) is 16.9 Å².